The van der Waals surface area contributed by atoms with Crippen LogP contribution >= 0.6 is 0 Å². The maximum absolute atomic E-state index is 12.3. The molecule has 2 unspecified atom stereocenters. The van der Waals surface area contributed by atoms with Crippen molar-refractivity contribution in [2.45, 2.75) is 70.0 Å². The lowest BCUT2D eigenvalue weighted by Gasteiger charge is -2.47. The van der Waals surface area contributed by atoms with Crippen molar-refractivity contribution < 1.29 is 4.79 Å². The maximum Gasteiger partial charge on any atom is 0.291 e. The summed E-state index contributed by atoms with van der Waals surface area (Å²) in [5, 5.41) is 10.00. The molecule has 6 heteroatoms. The number of aromatic amines is 1. The predicted molar refractivity (Wildman–Crippen MR) is 80.1 cm³/mol. The lowest BCUT2D eigenvalue weighted by atomic mass is 9.82. The number of carbonyl (C=O) groups excluding carboxylic acids is 1. The number of aromatic nitrogens is 3. The fraction of sp³-hybridized carbons (Fsp3) is 0.800. The summed E-state index contributed by atoms with van der Waals surface area (Å²) in [4.78, 5) is 19.0. The smallest absolute Gasteiger partial charge is 0.291 e. The van der Waals surface area contributed by atoms with Gasteiger partial charge >= 0.3 is 0 Å². The van der Waals surface area contributed by atoms with Crippen molar-refractivity contribution in [2.24, 2.45) is 0 Å². The molecule has 0 spiro atoms. The van der Waals surface area contributed by atoms with Crippen molar-refractivity contribution in [3.05, 3.63) is 11.6 Å². The van der Waals surface area contributed by atoms with Crippen LogP contribution in [0, 0.1) is 0 Å². The summed E-state index contributed by atoms with van der Waals surface area (Å²) in [5.74, 6) is 0.937. The molecular formula is C15H25N5O. The van der Waals surface area contributed by atoms with Crippen LogP contribution in [0.1, 0.15) is 61.9 Å². The fourth-order valence-electron chi connectivity index (χ4n) is 3.73. The highest BCUT2D eigenvalue weighted by molar-refractivity contribution is 5.90. The van der Waals surface area contributed by atoms with Gasteiger partial charge in [0.25, 0.3) is 5.91 Å². The first-order chi connectivity index (χ1) is 10.2. The third-order valence-electron chi connectivity index (χ3n) is 4.90. The quantitative estimate of drug-likeness (QED) is 0.881. The van der Waals surface area contributed by atoms with Gasteiger partial charge in [0, 0.05) is 24.5 Å². The number of carbonyl (C=O) groups is 1. The lowest BCUT2D eigenvalue weighted by Crippen LogP contribution is -2.55. The summed E-state index contributed by atoms with van der Waals surface area (Å²) >= 11 is 0. The molecule has 2 saturated heterocycles. The van der Waals surface area contributed by atoms with Crippen molar-refractivity contribution in [3.63, 3.8) is 0 Å². The zero-order valence-corrected chi connectivity index (χ0v) is 12.9. The second-order valence-corrected chi connectivity index (χ2v) is 6.40. The number of hydrogen-bond acceptors (Lipinski definition) is 4. The van der Waals surface area contributed by atoms with Gasteiger partial charge in [0.15, 0.2) is 0 Å². The summed E-state index contributed by atoms with van der Waals surface area (Å²) in [6.07, 6.45) is 7.74. The number of nitrogens with one attached hydrogen (secondary N) is 2. The van der Waals surface area contributed by atoms with E-state index in [4.69, 9.17) is 0 Å². The predicted octanol–water partition coefficient (Wildman–Crippen LogP) is 1.50. The van der Waals surface area contributed by atoms with E-state index in [1.165, 1.54) is 19.3 Å². The Morgan fingerprint density at radius 3 is 2.76 bits per heavy atom. The molecule has 2 bridgehead atoms. The monoisotopic (exact) mass is 291 g/mol. The molecule has 2 fully saturated rings. The summed E-state index contributed by atoms with van der Waals surface area (Å²) in [6.45, 7) is 2.08. The van der Waals surface area contributed by atoms with Crippen LogP contribution in [0.5, 0.6) is 0 Å². The van der Waals surface area contributed by atoms with Crippen molar-refractivity contribution in [1.82, 2.24) is 25.4 Å². The van der Waals surface area contributed by atoms with E-state index in [0.717, 1.165) is 31.5 Å². The molecule has 3 rings (SSSR count). The molecule has 2 N–H and O–H groups in total. The molecule has 2 aliphatic rings. The van der Waals surface area contributed by atoms with Crippen LogP contribution < -0.4 is 5.32 Å². The van der Waals surface area contributed by atoms with E-state index in [0.29, 0.717) is 12.1 Å². The van der Waals surface area contributed by atoms with E-state index < -0.39 is 0 Å². The largest absolute Gasteiger partial charge is 0.346 e. The summed E-state index contributed by atoms with van der Waals surface area (Å²) in [7, 11) is 2.22. The van der Waals surface area contributed by atoms with Crippen molar-refractivity contribution in [2.75, 3.05) is 7.05 Å². The number of nitrogens with zero attached hydrogens (tertiary/aromatic N) is 3. The Hall–Kier alpha value is -1.43. The molecule has 0 radical (unpaired) electrons. The van der Waals surface area contributed by atoms with Crippen LogP contribution in [0.2, 0.25) is 0 Å². The van der Waals surface area contributed by atoms with Crippen LogP contribution in [0.15, 0.2) is 0 Å². The van der Waals surface area contributed by atoms with Crippen molar-refractivity contribution in [3.8, 4) is 0 Å². The lowest BCUT2D eigenvalue weighted by molar-refractivity contribution is 0.0461. The molecule has 3 heterocycles. The Morgan fingerprint density at radius 2 is 2.10 bits per heavy atom. The van der Waals surface area contributed by atoms with Gasteiger partial charge in [0.1, 0.15) is 5.82 Å². The summed E-state index contributed by atoms with van der Waals surface area (Å²) in [5.41, 5.74) is 0. The van der Waals surface area contributed by atoms with Gasteiger partial charge in [-0.3, -0.25) is 9.89 Å². The van der Waals surface area contributed by atoms with Gasteiger partial charge in [-0.25, -0.2) is 4.98 Å². The Bertz CT molecular complexity index is 486. The number of piperidine rings is 2. The Kier molecular flexibility index (Phi) is 4.24. The molecular weight excluding hydrogens is 266 g/mol. The molecule has 1 aromatic heterocycles. The van der Waals surface area contributed by atoms with E-state index in [9.17, 15) is 4.79 Å². The highest BCUT2D eigenvalue weighted by atomic mass is 16.2. The first-order valence-corrected chi connectivity index (χ1v) is 8.11. The van der Waals surface area contributed by atoms with Gasteiger partial charge in [-0.05, 0) is 39.2 Å². The SMILES string of the molecule is CCCc1nc(C(=O)NC2CC3CCCC(C2)N3C)n[nH]1. The van der Waals surface area contributed by atoms with Gasteiger partial charge < -0.3 is 10.2 Å². The molecule has 0 aromatic carbocycles. The van der Waals surface area contributed by atoms with Gasteiger partial charge in [0.05, 0.1) is 0 Å². The second kappa shape index (κ2) is 6.13. The van der Waals surface area contributed by atoms with Gasteiger partial charge in [0.2, 0.25) is 5.82 Å². The average molecular weight is 291 g/mol. The third-order valence-corrected chi connectivity index (χ3v) is 4.90. The van der Waals surface area contributed by atoms with Crippen LogP contribution in [0.3, 0.4) is 0 Å². The van der Waals surface area contributed by atoms with Gasteiger partial charge in [-0.15, -0.1) is 5.10 Å². The Labute approximate surface area is 125 Å². The first kappa shape index (κ1) is 14.5. The van der Waals surface area contributed by atoms with Gasteiger partial charge in [-0.2, -0.15) is 0 Å². The van der Waals surface area contributed by atoms with Crippen molar-refractivity contribution >= 4 is 5.91 Å². The van der Waals surface area contributed by atoms with E-state index >= 15 is 0 Å². The maximum atomic E-state index is 12.3. The van der Waals surface area contributed by atoms with Crippen LogP contribution in [0.25, 0.3) is 0 Å². The average Bonchev–Trinajstić information content (AvgIpc) is 2.89. The third kappa shape index (κ3) is 3.10. The molecule has 1 aromatic rings. The zero-order valence-electron chi connectivity index (χ0n) is 12.9. The molecule has 1 amide bonds. The number of H-pyrrole nitrogens is 1. The minimum Gasteiger partial charge on any atom is -0.346 e. The molecule has 2 aliphatic heterocycles. The van der Waals surface area contributed by atoms with E-state index in [2.05, 4.69) is 39.4 Å². The molecule has 6 nitrogen and oxygen atoms in total. The van der Waals surface area contributed by atoms with Crippen molar-refractivity contribution in [1.29, 1.82) is 0 Å². The molecule has 21 heavy (non-hydrogen) atoms. The standard InChI is InChI=1S/C15H25N5O/c1-3-5-13-17-14(19-18-13)15(21)16-10-8-11-6-4-7-12(9-10)20(11)2/h10-12H,3-9H2,1-2H3,(H,16,21)(H,17,18,19). The highest BCUT2D eigenvalue weighted by Crippen LogP contribution is 2.32. The molecule has 0 aliphatic carbocycles. The number of aryl methyl sites for hydroxylation is 1. The second-order valence-electron chi connectivity index (χ2n) is 6.40. The van der Waals surface area contributed by atoms with E-state index in [1.807, 2.05) is 0 Å². The number of hydrogen-bond donors (Lipinski definition) is 2. The first-order valence-electron chi connectivity index (χ1n) is 8.11. The van der Waals surface area contributed by atoms with E-state index in [1.54, 1.807) is 0 Å². The highest BCUT2D eigenvalue weighted by Gasteiger charge is 2.36. The van der Waals surface area contributed by atoms with Crippen LogP contribution in [-0.4, -0.2) is 51.2 Å². The normalized spacial score (nSPS) is 29.3. The zero-order chi connectivity index (χ0) is 14.8. The minimum absolute atomic E-state index is 0.138. The molecule has 0 saturated carbocycles. The number of amides is 1. The van der Waals surface area contributed by atoms with E-state index in [-0.39, 0.29) is 17.8 Å². The Balaban J connectivity index is 1.59. The molecule has 116 valence electrons. The number of fused-ring (bicyclic) bond motifs is 2. The minimum atomic E-state index is -0.138. The topological polar surface area (TPSA) is 73.9 Å². The Morgan fingerprint density at radius 1 is 1.38 bits per heavy atom. The fourth-order valence-corrected chi connectivity index (χ4v) is 3.73. The van der Waals surface area contributed by atoms with Crippen LogP contribution in [-0.2, 0) is 6.42 Å². The number of rotatable bonds is 4. The summed E-state index contributed by atoms with van der Waals surface area (Å²) in [6, 6.07) is 1.49. The summed E-state index contributed by atoms with van der Waals surface area (Å²) < 4.78 is 0. The van der Waals surface area contributed by atoms with Crippen LogP contribution in [0.4, 0.5) is 0 Å². The molecule has 2 atom stereocenters. The van der Waals surface area contributed by atoms with Gasteiger partial charge in [-0.1, -0.05) is 13.3 Å².